The Labute approximate surface area is 196 Å². The molecule has 2 aromatic heterocycles. The molecule has 1 fully saturated rings. The summed E-state index contributed by atoms with van der Waals surface area (Å²) in [6.45, 7) is 4.48. The summed E-state index contributed by atoms with van der Waals surface area (Å²) >= 11 is 1.32. The van der Waals surface area contributed by atoms with Gasteiger partial charge in [0.1, 0.15) is 5.75 Å². The Balaban J connectivity index is 1.35. The number of hydrogen-bond donors (Lipinski definition) is 1. The van der Waals surface area contributed by atoms with Gasteiger partial charge in [0.25, 0.3) is 0 Å². The Hall–Kier alpha value is -2.76. The van der Waals surface area contributed by atoms with Crippen molar-refractivity contribution >= 4 is 27.3 Å². The molecule has 1 aliphatic rings. The molecule has 33 heavy (non-hydrogen) atoms. The normalized spacial score (nSPS) is 15.5. The van der Waals surface area contributed by atoms with Gasteiger partial charge in [0.2, 0.25) is 27.6 Å². The van der Waals surface area contributed by atoms with Crippen molar-refractivity contribution in [2.24, 2.45) is 5.92 Å². The number of piperidine rings is 1. The van der Waals surface area contributed by atoms with E-state index in [1.54, 1.807) is 27.0 Å². The minimum atomic E-state index is -3.67. The molecule has 3 aromatic rings. The molecule has 0 radical (unpaired) electrons. The molecule has 3 heterocycles. The molecule has 1 N–H and O–H groups in total. The van der Waals surface area contributed by atoms with Gasteiger partial charge in [-0.2, -0.15) is 9.29 Å². The van der Waals surface area contributed by atoms with Crippen molar-refractivity contribution < 1.29 is 22.5 Å². The molecule has 0 spiro atoms. The van der Waals surface area contributed by atoms with E-state index in [-0.39, 0.29) is 16.7 Å². The Morgan fingerprint density at radius 2 is 1.94 bits per heavy atom. The summed E-state index contributed by atoms with van der Waals surface area (Å²) in [5.41, 5.74) is 0.977. The molecule has 0 saturated carbocycles. The number of methoxy groups -OCH3 is 1. The first kappa shape index (κ1) is 23.4. The second-order valence-corrected chi connectivity index (χ2v) is 11.1. The van der Waals surface area contributed by atoms with Crippen LogP contribution in [0.3, 0.4) is 0 Å². The van der Waals surface area contributed by atoms with Crippen LogP contribution in [0.25, 0.3) is 10.7 Å². The first-order valence-corrected chi connectivity index (χ1v) is 12.9. The molecule has 9 nitrogen and oxygen atoms in total. The van der Waals surface area contributed by atoms with Gasteiger partial charge in [0, 0.05) is 37.4 Å². The van der Waals surface area contributed by atoms with E-state index in [2.05, 4.69) is 15.5 Å². The SMILES string of the molecule is COc1ccc(CNC(=O)C2CCN(S(=O)(=O)c3cc(-c4noc(C)n4)sc3C)CC2)cc1. The molecular weight excluding hydrogens is 464 g/mol. The summed E-state index contributed by atoms with van der Waals surface area (Å²) in [5, 5.41) is 6.83. The van der Waals surface area contributed by atoms with Gasteiger partial charge < -0.3 is 14.6 Å². The number of amides is 1. The molecule has 176 valence electrons. The van der Waals surface area contributed by atoms with E-state index < -0.39 is 10.0 Å². The largest absolute Gasteiger partial charge is 0.497 e. The number of hydrogen-bond acceptors (Lipinski definition) is 8. The molecule has 1 aromatic carbocycles. The summed E-state index contributed by atoms with van der Waals surface area (Å²) < 4.78 is 38.1. The summed E-state index contributed by atoms with van der Waals surface area (Å²) in [6, 6.07) is 9.11. The molecule has 0 aliphatic carbocycles. The van der Waals surface area contributed by atoms with E-state index in [4.69, 9.17) is 9.26 Å². The number of sulfonamides is 1. The van der Waals surface area contributed by atoms with Gasteiger partial charge in [0.05, 0.1) is 16.9 Å². The van der Waals surface area contributed by atoms with Crippen molar-refractivity contribution in [2.45, 2.75) is 38.1 Å². The molecule has 1 amide bonds. The third-order valence-corrected chi connectivity index (χ3v) is 8.89. The average Bonchev–Trinajstić information content (AvgIpc) is 3.43. The molecule has 0 atom stereocenters. The number of aryl methyl sites for hydroxylation is 2. The summed E-state index contributed by atoms with van der Waals surface area (Å²) in [5.74, 6) is 1.31. The van der Waals surface area contributed by atoms with E-state index in [0.717, 1.165) is 11.3 Å². The number of carbonyl (C=O) groups excluding carboxylic acids is 1. The Morgan fingerprint density at radius 1 is 1.24 bits per heavy atom. The summed E-state index contributed by atoms with van der Waals surface area (Å²) in [4.78, 5) is 18.4. The number of benzene rings is 1. The van der Waals surface area contributed by atoms with Crippen LogP contribution in [0, 0.1) is 19.8 Å². The van der Waals surface area contributed by atoms with Crippen LogP contribution in [-0.4, -0.2) is 49.0 Å². The monoisotopic (exact) mass is 490 g/mol. The van der Waals surface area contributed by atoms with E-state index in [9.17, 15) is 13.2 Å². The molecule has 1 saturated heterocycles. The van der Waals surface area contributed by atoms with Crippen molar-refractivity contribution in [2.75, 3.05) is 20.2 Å². The number of nitrogens with zero attached hydrogens (tertiary/aromatic N) is 3. The standard InChI is InChI=1S/C22H26N4O5S2/c1-14-20(12-19(32-14)21-24-15(2)31-25-21)33(28,29)26-10-8-17(9-11-26)22(27)23-13-16-4-6-18(30-3)7-5-16/h4-7,12,17H,8-11,13H2,1-3H3,(H,23,27). The molecule has 11 heteroatoms. The average molecular weight is 491 g/mol. The van der Waals surface area contributed by atoms with E-state index in [1.807, 2.05) is 24.3 Å². The van der Waals surface area contributed by atoms with Gasteiger partial charge in [-0.05, 0) is 43.5 Å². The van der Waals surface area contributed by atoms with E-state index >= 15 is 0 Å². The van der Waals surface area contributed by atoms with Gasteiger partial charge in [-0.15, -0.1) is 11.3 Å². The fraction of sp³-hybridized carbons (Fsp3) is 0.409. The fourth-order valence-corrected chi connectivity index (χ4v) is 6.76. The fourth-order valence-electron chi connectivity index (χ4n) is 3.81. The zero-order chi connectivity index (χ0) is 23.6. The molecule has 0 unspecified atom stereocenters. The molecular formula is C22H26N4O5S2. The predicted molar refractivity (Wildman–Crippen MR) is 123 cm³/mol. The zero-order valence-electron chi connectivity index (χ0n) is 18.7. The highest BCUT2D eigenvalue weighted by molar-refractivity contribution is 7.89. The van der Waals surface area contributed by atoms with Crippen LogP contribution in [0.1, 0.15) is 29.2 Å². The van der Waals surface area contributed by atoms with Gasteiger partial charge in [-0.1, -0.05) is 17.3 Å². The van der Waals surface area contributed by atoms with Gasteiger partial charge in [0.15, 0.2) is 0 Å². The van der Waals surface area contributed by atoms with Crippen molar-refractivity contribution in [3.05, 3.63) is 46.7 Å². The van der Waals surface area contributed by atoms with Crippen molar-refractivity contribution in [3.8, 4) is 16.5 Å². The van der Waals surface area contributed by atoms with Crippen molar-refractivity contribution in [1.29, 1.82) is 0 Å². The van der Waals surface area contributed by atoms with Gasteiger partial charge in [-0.25, -0.2) is 8.42 Å². The van der Waals surface area contributed by atoms with Crippen LogP contribution < -0.4 is 10.1 Å². The van der Waals surface area contributed by atoms with Gasteiger partial charge in [-0.3, -0.25) is 4.79 Å². The lowest BCUT2D eigenvalue weighted by Crippen LogP contribution is -2.42. The lowest BCUT2D eigenvalue weighted by Gasteiger charge is -2.30. The number of carbonyl (C=O) groups is 1. The first-order chi connectivity index (χ1) is 15.8. The summed E-state index contributed by atoms with van der Waals surface area (Å²) in [6.07, 6.45) is 0.960. The minimum absolute atomic E-state index is 0.0515. The summed E-state index contributed by atoms with van der Waals surface area (Å²) in [7, 11) is -2.06. The van der Waals surface area contributed by atoms with Crippen LogP contribution in [0.5, 0.6) is 5.75 Å². The maximum atomic E-state index is 13.3. The molecule has 0 bridgehead atoms. The van der Waals surface area contributed by atoms with Crippen LogP contribution in [0.2, 0.25) is 0 Å². The molecule has 1 aliphatic heterocycles. The number of ether oxygens (including phenoxy) is 1. The van der Waals surface area contributed by atoms with Gasteiger partial charge >= 0.3 is 0 Å². The van der Waals surface area contributed by atoms with Crippen LogP contribution in [0.4, 0.5) is 0 Å². The van der Waals surface area contributed by atoms with Crippen molar-refractivity contribution in [3.63, 3.8) is 0 Å². The number of nitrogens with one attached hydrogen (secondary N) is 1. The maximum absolute atomic E-state index is 13.3. The predicted octanol–water partition coefficient (Wildman–Crippen LogP) is 3.14. The quantitative estimate of drug-likeness (QED) is 0.541. The Bertz CT molecular complexity index is 1230. The second-order valence-electron chi connectivity index (χ2n) is 7.91. The van der Waals surface area contributed by atoms with Crippen LogP contribution >= 0.6 is 11.3 Å². The van der Waals surface area contributed by atoms with Crippen molar-refractivity contribution in [1.82, 2.24) is 19.8 Å². The number of rotatable bonds is 7. The van der Waals surface area contributed by atoms with E-state index in [1.165, 1.54) is 15.6 Å². The van der Waals surface area contributed by atoms with Crippen LogP contribution in [0.15, 0.2) is 39.8 Å². The zero-order valence-corrected chi connectivity index (χ0v) is 20.3. The lowest BCUT2D eigenvalue weighted by atomic mass is 9.97. The highest BCUT2D eigenvalue weighted by Gasteiger charge is 2.34. The van der Waals surface area contributed by atoms with Crippen LogP contribution in [-0.2, 0) is 21.4 Å². The molecule has 4 rings (SSSR count). The van der Waals surface area contributed by atoms with E-state index in [0.29, 0.717) is 53.9 Å². The Kier molecular flexibility index (Phi) is 6.82. The first-order valence-electron chi connectivity index (χ1n) is 10.6. The number of thiophene rings is 1. The topological polar surface area (TPSA) is 115 Å². The minimum Gasteiger partial charge on any atom is -0.497 e. The number of aromatic nitrogens is 2. The highest BCUT2D eigenvalue weighted by atomic mass is 32.2. The smallest absolute Gasteiger partial charge is 0.244 e. The second kappa shape index (κ2) is 9.62. The Morgan fingerprint density at radius 3 is 2.55 bits per heavy atom. The highest BCUT2D eigenvalue weighted by Crippen LogP contribution is 2.34. The maximum Gasteiger partial charge on any atom is 0.244 e. The third-order valence-electron chi connectivity index (χ3n) is 5.69. The third kappa shape index (κ3) is 5.10. The lowest BCUT2D eigenvalue weighted by molar-refractivity contribution is -0.126.